The number of nitrogens with zero attached hydrogens (tertiary/aromatic N) is 2. The number of aliphatic hydroxyl groups is 1. The summed E-state index contributed by atoms with van der Waals surface area (Å²) < 4.78 is 16.9. The zero-order chi connectivity index (χ0) is 23.6. The van der Waals surface area contributed by atoms with Gasteiger partial charge in [-0.25, -0.2) is 0 Å². The van der Waals surface area contributed by atoms with Crippen LogP contribution in [0.1, 0.15) is 23.4 Å². The Hall–Kier alpha value is -2.39. The number of likely N-dealkylation sites (N-methyl/N-ethyl adjacent to an activating group) is 1. The quantitative estimate of drug-likeness (QED) is 0.355. The van der Waals surface area contributed by atoms with Crippen molar-refractivity contribution in [3.05, 3.63) is 58.8 Å². The number of rotatable bonds is 13. The van der Waals surface area contributed by atoms with Gasteiger partial charge in [0.25, 0.3) is 0 Å². The molecule has 3 rings (SSSR count). The van der Waals surface area contributed by atoms with Crippen LogP contribution in [0.15, 0.2) is 48.4 Å². The van der Waals surface area contributed by atoms with Gasteiger partial charge in [0.1, 0.15) is 6.61 Å². The molecule has 8 heteroatoms. The molecule has 0 saturated heterocycles. The average molecular weight is 475 g/mol. The van der Waals surface area contributed by atoms with Crippen molar-refractivity contribution in [2.75, 3.05) is 53.1 Å². The van der Waals surface area contributed by atoms with Crippen molar-refractivity contribution in [2.45, 2.75) is 25.5 Å². The minimum absolute atomic E-state index is 0.0292. The third-order valence-electron chi connectivity index (χ3n) is 5.70. The van der Waals surface area contributed by atoms with Gasteiger partial charge in [-0.15, -0.1) is 17.9 Å². The van der Waals surface area contributed by atoms with Crippen LogP contribution < -0.4 is 9.47 Å². The second kappa shape index (κ2) is 12.7. The van der Waals surface area contributed by atoms with Crippen LogP contribution in [0.3, 0.4) is 0 Å². The molecule has 33 heavy (non-hydrogen) atoms. The van der Waals surface area contributed by atoms with Crippen LogP contribution in [0.25, 0.3) is 0 Å². The number of hydrogen-bond acceptors (Lipinski definition) is 7. The highest BCUT2D eigenvalue weighted by atomic mass is 32.1. The molecule has 2 heterocycles. The predicted molar refractivity (Wildman–Crippen MR) is 130 cm³/mol. The van der Waals surface area contributed by atoms with Gasteiger partial charge < -0.3 is 24.2 Å². The highest BCUT2D eigenvalue weighted by molar-refractivity contribution is 7.10. The van der Waals surface area contributed by atoms with Crippen molar-refractivity contribution < 1.29 is 24.1 Å². The topological polar surface area (TPSA) is 71.5 Å². The van der Waals surface area contributed by atoms with Crippen molar-refractivity contribution in [3.8, 4) is 11.5 Å². The summed E-state index contributed by atoms with van der Waals surface area (Å²) in [5.74, 6) is 1.36. The molecule has 0 bridgehead atoms. The van der Waals surface area contributed by atoms with E-state index in [-0.39, 0.29) is 25.1 Å². The fourth-order valence-electron chi connectivity index (χ4n) is 4.01. The first kappa shape index (κ1) is 25.2. The monoisotopic (exact) mass is 474 g/mol. The van der Waals surface area contributed by atoms with Gasteiger partial charge in [0.05, 0.1) is 39.0 Å². The van der Waals surface area contributed by atoms with E-state index in [4.69, 9.17) is 14.2 Å². The molecule has 2 aromatic rings. The Labute approximate surface area is 200 Å². The summed E-state index contributed by atoms with van der Waals surface area (Å²) >= 11 is 1.73. The van der Waals surface area contributed by atoms with Crippen molar-refractivity contribution in [3.63, 3.8) is 0 Å². The van der Waals surface area contributed by atoms with Gasteiger partial charge >= 0.3 is 0 Å². The number of methoxy groups -OCH3 is 1. The van der Waals surface area contributed by atoms with Crippen molar-refractivity contribution in [1.82, 2.24) is 9.80 Å². The van der Waals surface area contributed by atoms with Crippen molar-refractivity contribution >= 4 is 17.2 Å². The van der Waals surface area contributed by atoms with Crippen LogP contribution in [-0.2, 0) is 16.0 Å². The minimum Gasteiger partial charge on any atom is -0.493 e. The molecule has 0 aliphatic carbocycles. The summed E-state index contributed by atoms with van der Waals surface area (Å²) in [7, 11) is 1.62. The SMILES string of the molecule is C=CCOC[C@@H](O)CN(CC)CC(=O)N1CCc2sccc2[C@@H]1COc1ccccc1OC. The van der Waals surface area contributed by atoms with Gasteiger partial charge in [0.2, 0.25) is 5.91 Å². The number of fused-ring (bicyclic) bond motifs is 1. The van der Waals surface area contributed by atoms with Gasteiger partial charge in [-0.3, -0.25) is 9.69 Å². The number of ether oxygens (including phenoxy) is 3. The standard InChI is InChI=1S/C25H34N2O5S/c1-4-13-31-17-19(28)15-26(5-2)16-25(29)27-12-10-24-20(11-14-33-24)21(27)18-32-23-9-7-6-8-22(23)30-3/h4,6-9,11,14,19,21,28H,1,5,10,12-13,15-18H2,2-3H3/t19-,21-/m0/s1. The van der Waals surface area contributed by atoms with E-state index in [1.807, 2.05) is 41.0 Å². The lowest BCUT2D eigenvalue weighted by atomic mass is 10.0. The molecule has 0 unspecified atom stereocenters. The molecule has 1 aliphatic rings. The lowest BCUT2D eigenvalue weighted by molar-refractivity contribution is -0.136. The van der Waals surface area contributed by atoms with Crippen molar-refractivity contribution in [1.29, 1.82) is 0 Å². The van der Waals surface area contributed by atoms with Crippen molar-refractivity contribution in [2.24, 2.45) is 0 Å². The van der Waals surface area contributed by atoms with E-state index < -0.39 is 6.10 Å². The molecule has 1 aromatic heterocycles. The van der Waals surface area contributed by atoms with Crippen LogP contribution in [0, 0.1) is 0 Å². The predicted octanol–water partition coefficient (Wildman–Crippen LogP) is 3.15. The first-order valence-corrected chi connectivity index (χ1v) is 12.2. The van der Waals surface area contributed by atoms with Gasteiger partial charge in [-0.2, -0.15) is 0 Å². The third-order valence-corrected chi connectivity index (χ3v) is 6.70. The maximum absolute atomic E-state index is 13.4. The van der Waals surface area contributed by atoms with E-state index in [0.717, 1.165) is 12.0 Å². The average Bonchev–Trinajstić information content (AvgIpc) is 3.31. The molecule has 0 saturated carbocycles. The summed E-state index contributed by atoms with van der Waals surface area (Å²) in [6.07, 6.45) is 1.83. The smallest absolute Gasteiger partial charge is 0.237 e. The Morgan fingerprint density at radius 2 is 2.15 bits per heavy atom. The summed E-state index contributed by atoms with van der Waals surface area (Å²) in [6, 6.07) is 9.46. The zero-order valence-corrected chi connectivity index (χ0v) is 20.3. The van der Waals surface area contributed by atoms with Crippen LogP contribution in [0.5, 0.6) is 11.5 Å². The molecule has 1 N–H and O–H groups in total. The Morgan fingerprint density at radius 1 is 1.36 bits per heavy atom. The number of thiophene rings is 1. The van der Waals surface area contributed by atoms with Crippen LogP contribution >= 0.6 is 11.3 Å². The van der Waals surface area contributed by atoms with Gasteiger partial charge in [0, 0.05) is 18.0 Å². The van der Waals surface area contributed by atoms with Crippen LogP contribution in [0.4, 0.5) is 0 Å². The van der Waals surface area contributed by atoms with Crippen LogP contribution in [0.2, 0.25) is 0 Å². The Balaban J connectivity index is 1.67. The highest BCUT2D eigenvalue weighted by Crippen LogP contribution is 2.35. The summed E-state index contributed by atoms with van der Waals surface area (Å²) in [5, 5.41) is 12.3. The van der Waals surface area contributed by atoms with E-state index in [2.05, 4.69) is 18.0 Å². The molecule has 1 aromatic carbocycles. The number of hydrogen-bond donors (Lipinski definition) is 1. The normalized spacial score (nSPS) is 16.4. The minimum atomic E-state index is -0.660. The summed E-state index contributed by atoms with van der Waals surface area (Å²) in [5.41, 5.74) is 1.15. The summed E-state index contributed by atoms with van der Waals surface area (Å²) in [4.78, 5) is 18.5. The largest absolute Gasteiger partial charge is 0.493 e. The molecule has 0 fully saturated rings. The van der Waals surface area contributed by atoms with E-state index in [1.165, 1.54) is 4.88 Å². The molecular weight excluding hydrogens is 440 g/mol. The molecule has 1 amide bonds. The van der Waals surface area contributed by atoms with E-state index in [0.29, 0.717) is 44.3 Å². The number of carbonyl (C=O) groups excluding carboxylic acids is 1. The third kappa shape index (κ3) is 6.80. The fraction of sp³-hybridized carbons (Fsp3) is 0.480. The molecule has 2 atom stereocenters. The number of carbonyl (C=O) groups is 1. The second-order valence-corrected chi connectivity index (χ2v) is 8.92. The molecule has 1 aliphatic heterocycles. The lowest BCUT2D eigenvalue weighted by Gasteiger charge is -2.37. The van der Waals surface area contributed by atoms with E-state index >= 15 is 0 Å². The molecular formula is C25H34N2O5S. The second-order valence-electron chi connectivity index (χ2n) is 7.92. The number of benzene rings is 1. The van der Waals surface area contributed by atoms with Gasteiger partial charge in [0.15, 0.2) is 11.5 Å². The van der Waals surface area contributed by atoms with Gasteiger partial charge in [-0.05, 0) is 42.1 Å². The zero-order valence-electron chi connectivity index (χ0n) is 19.4. The van der Waals surface area contributed by atoms with E-state index in [9.17, 15) is 9.90 Å². The molecule has 0 spiro atoms. The first-order valence-electron chi connectivity index (χ1n) is 11.3. The Morgan fingerprint density at radius 3 is 2.88 bits per heavy atom. The Bertz CT molecular complexity index is 902. The maximum Gasteiger partial charge on any atom is 0.237 e. The fourth-order valence-corrected chi connectivity index (χ4v) is 4.94. The molecule has 0 radical (unpaired) electrons. The van der Waals surface area contributed by atoms with Gasteiger partial charge in [-0.1, -0.05) is 25.1 Å². The van der Waals surface area contributed by atoms with E-state index in [1.54, 1.807) is 24.5 Å². The first-order chi connectivity index (χ1) is 16.1. The molecule has 180 valence electrons. The molecule has 7 nitrogen and oxygen atoms in total. The number of aliphatic hydroxyl groups excluding tert-OH is 1. The number of para-hydroxylation sites is 2. The lowest BCUT2D eigenvalue weighted by Crippen LogP contribution is -2.48. The highest BCUT2D eigenvalue weighted by Gasteiger charge is 2.33. The summed E-state index contributed by atoms with van der Waals surface area (Å²) in [6.45, 7) is 8.47. The number of amides is 1. The van der Waals surface area contributed by atoms with Crippen LogP contribution in [-0.4, -0.2) is 80.0 Å². The maximum atomic E-state index is 13.4. The Kier molecular flexibility index (Phi) is 9.75.